The van der Waals surface area contributed by atoms with Crippen molar-refractivity contribution in [1.29, 1.82) is 0 Å². The van der Waals surface area contributed by atoms with E-state index in [1.807, 2.05) is 42.0 Å². The fraction of sp³-hybridized carbons (Fsp3) is 0.207. The van der Waals surface area contributed by atoms with Crippen molar-refractivity contribution in [3.05, 3.63) is 130 Å². The molecular weight excluding hydrogens is 506 g/mol. The minimum Gasteiger partial charge on any atom is -0.345 e. The lowest BCUT2D eigenvalue weighted by Gasteiger charge is -2.25. The number of nitrogens with zero attached hydrogens (tertiary/aromatic N) is 2. The van der Waals surface area contributed by atoms with E-state index in [2.05, 4.69) is 0 Å². The molecule has 0 spiro atoms. The van der Waals surface area contributed by atoms with Crippen molar-refractivity contribution >= 4 is 5.91 Å². The van der Waals surface area contributed by atoms with Crippen LogP contribution in [0.1, 0.15) is 43.9 Å². The standard InChI is InChI=1S/C29H24F6N2O/c1-20-8-5-6-11-22(20)18-36-13-7-12-26(36)19-37(17-21-9-3-2-4-10-21)27(38)23-14-24(28(30,31)32)16-25(15-23)29(33,34)35/h2-16H,17-19H2,1H3. The quantitative estimate of drug-likeness (QED) is 0.225. The highest BCUT2D eigenvalue weighted by molar-refractivity contribution is 5.94. The molecule has 198 valence electrons. The Labute approximate surface area is 215 Å². The van der Waals surface area contributed by atoms with Crippen LogP contribution in [0.15, 0.2) is 91.1 Å². The van der Waals surface area contributed by atoms with E-state index in [-0.39, 0.29) is 19.2 Å². The van der Waals surface area contributed by atoms with Crippen LogP contribution >= 0.6 is 0 Å². The van der Waals surface area contributed by atoms with Gasteiger partial charge in [-0.05, 0) is 53.9 Å². The molecule has 3 aromatic carbocycles. The Kier molecular flexibility index (Phi) is 7.66. The smallest absolute Gasteiger partial charge is 0.345 e. The molecule has 0 unspecified atom stereocenters. The number of aromatic nitrogens is 1. The van der Waals surface area contributed by atoms with Crippen LogP contribution in [0, 0.1) is 6.92 Å². The van der Waals surface area contributed by atoms with Crippen molar-refractivity contribution in [3.8, 4) is 0 Å². The number of hydrogen-bond donors (Lipinski definition) is 0. The molecule has 0 saturated carbocycles. The molecule has 1 amide bonds. The molecule has 0 aliphatic rings. The number of halogens is 6. The zero-order valence-electron chi connectivity index (χ0n) is 20.4. The normalized spacial score (nSPS) is 12.0. The van der Waals surface area contributed by atoms with Crippen molar-refractivity contribution in [2.24, 2.45) is 0 Å². The molecule has 1 heterocycles. The van der Waals surface area contributed by atoms with Gasteiger partial charge in [0, 0.05) is 30.5 Å². The number of amides is 1. The number of aryl methyl sites for hydroxylation is 1. The molecule has 0 bridgehead atoms. The second-order valence-corrected chi connectivity index (χ2v) is 9.00. The number of carbonyl (C=O) groups is 1. The third-order valence-corrected chi connectivity index (χ3v) is 6.22. The topological polar surface area (TPSA) is 25.2 Å². The summed E-state index contributed by atoms with van der Waals surface area (Å²) in [6.45, 7) is 2.43. The van der Waals surface area contributed by atoms with Crippen LogP contribution in [-0.2, 0) is 32.0 Å². The molecule has 0 aliphatic carbocycles. The van der Waals surface area contributed by atoms with E-state index in [4.69, 9.17) is 0 Å². The van der Waals surface area contributed by atoms with Gasteiger partial charge in [0.1, 0.15) is 0 Å². The predicted molar refractivity (Wildman–Crippen MR) is 131 cm³/mol. The van der Waals surface area contributed by atoms with E-state index >= 15 is 0 Å². The van der Waals surface area contributed by atoms with Gasteiger partial charge >= 0.3 is 12.4 Å². The SMILES string of the molecule is Cc1ccccc1Cn1cccc1CN(Cc1ccccc1)C(=O)c1cc(C(F)(F)F)cc(C(F)(F)F)c1. The molecule has 4 rings (SSSR count). The van der Waals surface area contributed by atoms with Crippen molar-refractivity contribution < 1.29 is 31.1 Å². The Balaban J connectivity index is 1.72. The van der Waals surface area contributed by atoms with Crippen LogP contribution in [0.2, 0.25) is 0 Å². The Morgan fingerprint density at radius 2 is 1.37 bits per heavy atom. The van der Waals surface area contributed by atoms with Gasteiger partial charge in [-0.1, -0.05) is 54.6 Å². The van der Waals surface area contributed by atoms with Crippen molar-refractivity contribution in [3.63, 3.8) is 0 Å². The molecular formula is C29H24F6N2O. The first-order valence-corrected chi connectivity index (χ1v) is 11.7. The molecule has 0 saturated heterocycles. The summed E-state index contributed by atoms with van der Waals surface area (Å²) in [4.78, 5) is 14.8. The zero-order chi connectivity index (χ0) is 27.5. The minimum atomic E-state index is -5.05. The highest BCUT2D eigenvalue weighted by Gasteiger charge is 2.38. The van der Waals surface area contributed by atoms with Gasteiger partial charge in [0.05, 0.1) is 17.7 Å². The lowest BCUT2D eigenvalue weighted by atomic mass is 10.0. The molecule has 0 fully saturated rings. The summed E-state index contributed by atoms with van der Waals surface area (Å²) in [7, 11) is 0. The van der Waals surface area contributed by atoms with Crippen molar-refractivity contribution in [2.45, 2.75) is 38.9 Å². The van der Waals surface area contributed by atoms with Crippen LogP contribution in [0.3, 0.4) is 0 Å². The average Bonchev–Trinajstić information content (AvgIpc) is 3.30. The summed E-state index contributed by atoms with van der Waals surface area (Å²) in [5.74, 6) is -0.936. The van der Waals surface area contributed by atoms with E-state index in [0.29, 0.717) is 29.9 Å². The molecule has 1 aromatic heterocycles. The Morgan fingerprint density at radius 3 is 1.97 bits per heavy atom. The van der Waals surface area contributed by atoms with Gasteiger partial charge in [0.25, 0.3) is 5.91 Å². The van der Waals surface area contributed by atoms with Crippen molar-refractivity contribution in [1.82, 2.24) is 9.47 Å². The molecule has 4 aromatic rings. The first-order chi connectivity index (χ1) is 17.9. The van der Waals surface area contributed by atoms with Gasteiger partial charge in [0.15, 0.2) is 0 Å². The van der Waals surface area contributed by atoms with E-state index in [9.17, 15) is 31.1 Å². The highest BCUT2D eigenvalue weighted by Crippen LogP contribution is 2.36. The largest absolute Gasteiger partial charge is 0.416 e. The van der Waals surface area contributed by atoms with Crippen LogP contribution in [-0.4, -0.2) is 15.4 Å². The second kappa shape index (κ2) is 10.8. The van der Waals surface area contributed by atoms with E-state index in [1.165, 1.54) is 4.90 Å². The number of alkyl halides is 6. The molecule has 3 nitrogen and oxygen atoms in total. The monoisotopic (exact) mass is 530 g/mol. The maximum Gasteiger partial charge on any atom is 0.416 e. The van der Waals surface area contributed by atoms with Crippen molar-refractivity contribution in [2.75, 3.05) is 0 Å². The lowest BCUT2D eigenvalue weighted by Crippen LogP contribution is -2.31. The summed E-state index contributed by atoms with van der Waals surface area (Å²) in [5.41, 5.74) is -0.273. The first-order valence-electron chi connectivity index (χ1n) is 11.7. The Morgan fingerprint density at radius 1 is 0.763 bits per heavy atom. The summed E-state index contributed by atoms with van der Waals surface area (Å²) in [6.07, 6.45) is -8.29. The Bertz CT molecular complexity index is 1370. The molecule has 0 aliphatic heterocycles. The molecule has 9 heteroatoms. The number of rotatable bonds is 7. The highest BCUT2D eigenvalue weighted by atomic mass is 19.4. The fourth-order valence-corrected chi connectivity index (χ4v) is 4.18. The van der Waals surface area contributed by atoms with Crippen LogP contribution < -0.4 is 0 Å². The first kappa shape index (κ1) is 27.0. The van der Waals surface area contributed by atoms with Gasteiger partial charge in [-0.2, -0.15) is 26.3 Å². The van der Waals surface area contributed by atoms with E-state index in [0.717, 1.165) is 11.1 Å². The van der Waals surface area contributed by atoms with Gasteiger partial charge in [-0.15, -0.1) is 0 Å². The van der Waals surface area contributed by atoms with E-state index in [1.54, 1.807) is 42.5 Å². The van der Waals surface area contributed by atoms with Crippen LogP contribution in [0.4, 0.5) is 26.3 Å². The second-order valence-electron chi connectivity index (χ2n) is 9.00. The number of carbonyl (C=O) groups excluding carboxylic acids is 1. The maximum atomic E-state index is 13.5. The summed E-state index contributed by atoms with van der Waals surface area (Å²) < 4.78 is 82.6. The number of hydrogen-bond acceptors (Lipinski definition) is 1. The van der Waals surface area contributed by atoms with Crippen LogP contribution in [0.5, 0.6) is 0 Å². The summed E-state index contributed by atoms with van der Waals surface area (Å²) in [5, 5.41) is 0. The minimum absolute atomic E-state index is 0.00713. The maximum absolute atomic E-state index is 13.5. The lowest BCUT2D eigenvalue weighted by molar-refractivity contribution is -0.143. The van der Waals surface area contributed by atoms with Gasteiger partial charge in [-0.3, -0.25) is 4.79 Å². The number of benzene rings is 3. The van der Waals surface area contributed by atoms with Gasteiger partial charge in [-0.25, -0.2) is 0 Å². The molecule has 0 atom stereocenters. The average molecular weight is 531 g/mol. The van der Waals surface area contributed by atoms with E-state index < -0.39 is 35.0 Å². The molecule has 0 N–H and O–H groups in total. The third kappa shape index (κ3) is 6.45. The molecule has 0 radical (unpaired) electrons. The summed E-state index contributed by atoms with van der Waals surface area (Å²) in [6, 6.07) is 21.0. The summed E-state index contributed by atoms with van der Waals surface area (Å²) >= 11 is 0. The van der Waals surface area contributed by atoms with Gasteiger partial charge < -0.3 is 9.47 Å². The zero-order valence-corrected chi connectivity index (χ0v) is 20.4. The predicted octanol–water partition coefficient (Wildman–Crippen LogP) is 7.73. The molecule has 38 heavy (non-hydrogen) atoms. The van der Waals surface area contributed by atoms with Crippen LogP contribution in [0.25, 0.3) is 0 Å². The Hall–Kier alpha value is -4.01. The fourth-order valence-electron chi connectivity index (χ4n) is 4.18. The third-order valence-electron chi connectivity index (χ3n) is 6.22. The van der Waals surface area contributed by atoms with Gasteiger partial charge in [0.2, 0.25) is 0 Å².